The molecule has 1 rings (SSSR count). The number of aryl methyl sites for hydroxylation is 1. The third kappa shape index (κ3) is 3.76. The zero-order valence-corrected chi connectivity index (χ0v) is 11.5. The number of hydrogen-bond donors (Lipinski definition) is 2. The van der Waals surface area contributed by atoms with Crippen LogP contribution in [0.3, 0.4) is 0 Å². The first-order valence-electron chi connectivity index (χ1n) is 5.55. The minimum absolute atomic E-state index is 0.0729. The van der Waals surface area contributed by atoms with Crippen LogP contribution in [0.1, 0.15) is 19.4 Å². The van der Waals surface area contributed by atoms with Gasteiger partial charge in [-0.25, -0.2) is 17.5 Å². The van der Waals surface area contributed by atoms with Gasteiger partial charge in [-0.3, -0.25) is 0 Å². The third-order valence-corrected chi connectivity index (χ3v) is 4.15. The van der Waals surface area contributed by atoms with Crippen LogP contribution in [0.15, 0.2) is 23.1 Å². The van der Waals surface area contributed by atoms with Gasteiger partial charge in [0.05, 0.1) is 4.90 Å². The van der Waals surface area contributed by atoms with E-state index in [4.69, 9.17) is 5.11 Å². The van der Waals surface area contributed by atoms with Gasteiger partial charge in [0.2, 0.25) is 10.0 Å². The standard InChI is InChI=1S/C12H18FNO3S/c1-9-4-5-10(13)6-11(9)18(16,17)14-7-12(2,3)8-15/h4-6,14-15H,7-8H2,1-3H3. The van der Waals surface area contributed by atoms with E-state index in [1.54, 1.807) is 20.8 Å². The normalized spacial score (nSPS) is 12.7. The molecule has 0 heterocycles. The molecule has 102 valence electrons. The van der Waals surface area contributed by atoms with Gasteiger partial charge in [0.25, 0.3) is 0 Å². The molecule has 0 aromatic heterocycles. The van der Waals surface area contributed by atoms with E-state index in [-0.39, 0.29) is 18.0 Å². The van der Waals surface area contributed by atoms with Gasteiger partial charge in [-0.15, -0.1) is 0 Å². The van der Waals surface area contributed by atoms with E-state index in [0.29, 0.717) is 5.56 Å². The first-order chi connectivity index (χ1) is 8.18. The van der Waals surface area contributed by atoms with Gasteiger partial charge < -0.3 is 5.11 Å². The fraction of sp³-hybridized carbons (Fsp3) is 0.500. The topological polar surface area (TPSA) is 66.4 Å². The van der Waals surface area contributed by atoms with Crippen molar-refractivity contribution in [2.45, 2.75) is 25.7 Å². The summed E-state index contributed by atoms with van der Waals surface area (Å²) < 4.78 is 39.5. The monoisotopic (exact) mass is 275 g/mol. The van der Waals surface area contributed by atoms with E-state index in [9.17, 15) is 12.8 Å². The predicted octanol–water partition coefficient (Wildman–Crippen LogP) is 1.43. The van der Waals surface area contributed by atoms with Crippen LogP contribution in [0.4, 0.5) is 4.39 Å². The molecule has 0 amide bonds. The lowest BCUT2D eigenvalue weighted by atomic mass is 9.96. The molecule has 0 atom stereocenters. The Morgan fingerprint density at radius 2 is 2.00 bits per heavy atom. The Labute approximate surface area is 107 Å². The highest BCUT2D eigenvalue weighted by Crippen LogP contribution is 2.18. The molecule has 4 nitrogen and oxygen atoms in total. The van der Waals surface area contributed by atoms with Crippen molar-refractivity contribution >= 4 is 10.0 Å². The summed E-state index contributed by atoms with van der Waals surface area (Å²) in [7, 11) is -3.76. The van der Waals surface area contributed by atoms with Crippen LogP contribution < -0.4 is 4.72 Å². The van der Waals surface area contributed by atoms with Gasteiger partial charge in [0.15, 0.2) is 0 Å². The smallest absolute Gasteiger partial charge is 0.240 e. The van der Waals surface area contributed by atoms with Crippen LogP contribution in [0, 0.1) is 18.2 Å². The quantitative estimate of drug-likeness (QED) is 0.854. The number of aliphatic hydroxyl groups excluding tert-OH is 1. The first kappa shape index (κ1) is 15.1. The third-order valence-electron chi connectivity index (χ3n) is 2.61. The summed E-state index contributed by atoms with van der Waals surface area (Å²) in [4.78, 5) is -0.0729. The molecule has 0 spiro atoms. The molecule has 0 aliphatic heterocycles. The highest BCUT2D eigenvalue weighted by atomic mass is 32.2. The Morgan fingerprint density at radius 1 is 1.39 bits per heavy atom. The van der Waals surface area contributed by atoms with E-state index in [0.717, 1.165) is 6.07 Å². The summed E-state index contributed by atoms with van der Waals surface area (Å²) in [5, 5.41) is 9.07. The van der Waals surface area contributed by atoms with Gasteiger partial charge in [-0.05, 0) is 24.6 Å². The zero-order valence-electron chi connectivity index (χ0n) is 10.7. The van der Waals surface area contributed by atoms with E-state index in [1.807, 2.05) is 0 Å². The Bertz CT molecular complexity index is 526. The number of rotatable bonds is 5. The highest BCUT2D eigenvalue weighted by molar-refractivity contribution is 7.89. The molecular formula is C12H18FNO3S. The Morgan fingerprint density at radius 3 is 2.56 bits per heavy atom. The maximum Gasteiger partial charge on any atom is 0.240 e. The number of hydrogen-bond acceptors (Lipinski definition) is 3. The molecule has 2 N–H and O–H groups in total. The first-order valence-corrected chi connectivity index (χ1v) is 7.03. The minimum atomic E-state index is -3.76. The van der Waals surface area contributed by atoms with E-state index < -0.39 is 21.3 Å². The van der Waals surface area contributed by atoms with Crippen molar-refractivity contribution in [1.29, 1.82) is 0 Å². The molecular weight excluding hydrogens is 257 g/mol. The number of halogens is 1. The van der Waals surface area contributed by atoms with Crippen LogP contribution in [0.5, 0.6) is 0 Å². The van der Waals surface area contributed by atoms with Crippen LogP contribution in [0.2, 0.25) is 0 Å². The Hall–Kier alpha value is -0.980. The second-order valence-electron chi connectivity index (χ2n) is 5.06. The summed E-state index contributed by atoms with van der Waals surface area (Å²) in [5.41, 5.74) is -0.0837. The summed E-state index contributed by atoms with van der Waals surface area (Å²) in [5.74, 6) is -0.595. The average Bonchev–Trinajstić information content (AvgIpc) is 2.30. The van der Waals surface area contributed by atoms with Gasteiger partial charge in [-0.2, -0.15) is 0 Å². The number of aliphatic hydroxyl groups is 1. The van der Waals surface area contributed by atoms with E-state index in [1.165, 1.54) is 12.1 Å². The molecule has 1 aromatic carbocycles. The molecule has 0 radical (unpaired) electrons. The molecule has 0 unspecified atom stereocenters. The lowest BCUT2D eigenvalue weighted by molar-refractivity contribution is 0.163. The number of benzene rings is 1. The molecule has 0 aliphatic carbocycles. The summed E-state index contributed by atoms with van der Waals surface area (Å²) >= 11 is 0. The van der Waals surface area contributed by atoms with E-state index in [2.05, 4.69) is 4.72 Å². The maximum absolute atomic E-state index is 13.1. The molecule has 0 bridgehead atoms. The van der Waals surface area contributed by atoms with Gasteiger partial charge in [-0.1, -0.05) is 19.9 Å². The van der Waals surface area contributed by atoms with Gasteiger partial charge in [0.1, 0.15) is 5.82 Å². The zero-order chi connectivity index (χ0) is 14.0. The van der Waals surface area contributed by atoms with E-state index >= 15 is 0 Å². The minimum Gasteiger partial charge on any atom is -0.396 e. The molecule has 0 fully saturated rings. The number of sulfonamides is 1. The summed E-state index contributed by atoms with van der Waals surface area (Å²) in [6, 6.07) is 3.62. The van der Waals surface area contributed by atoms with Crippen molar-refractivity contribution in [2.24, 2.45) is 5.41 Å². The molecule has 6 heteroatoms. The SMILES string of the molecule is Cc1ccc(F)cc1S(=O)(=O)NCC(C)(C)CO. The second-order valence-corrected chi connectivity index (χ2v) is 6.79. The van der Waals surface area contributed by atoms with Crippen LogP contribution in [0.25, 0.3) is 0 Å². The van der Waals surface area contributed by atoms with Crippen LogP contribution >= 0.6 is 0 Å². The molecule has 0 saturated heterocycles. The fourth-order valence-electron chi connectivity index (χ4n) is 1.29. The average molecular weight is 275 g/mol. The Kier molecular flexibility index (Phi) is 4.47. The summed E-state index contributed by atoms with van der Waals surface area (Å²) in [6.45, 7) is 5.01. The molecule has 1 aromatic rings. The van der Waals surface area contributed by atoms with Crippen molar-refractivity contribution in [3.63, 3.8) is 0 Å². The van der Waals surface area contributed by atoms with Crippen LogP contribution in [-0.2, 0) is 10.0 Å². The van der Waals surface area contributed by atoms with Crippen molar-refractivity contribution < 1.29 is 17.9 Å². The van der Waals surface area contributed by atoms with Gasteiger partial charge in [0, 0.05) is 18.6 Å². The van der Waals surface area contributed by atoms with Gasteiger partial charge >= 0.3 is 0 Å². The number of nitrogens with one attached hydrogen (secondary N) is 1. The second kappa shape index (κ2) is 5.34. The van der Waals surface area contributed by atoms with Crippen molar-refractivity contribution in [3.8, 4) is 0 Å². The maximum atomic E-state index is 13.1. The molecule has 18 heavy (non-hydrogen) atoms. The van der Waals surface area contributed by atoms with Crippen LogP contribution in [-0.4, -0.2) is 26.7 Å². The van der Waals surface area contributed by atoms with Crippen molar-refractivity contribution in [3.05, 3.63) is 29.6 Å². The van der Waals surface area contributed by atoms with Crippen molar-refractivity contribution in [1.82, 2.24) is 4.72 Å². The largest absolute Gasteiger partial charge is 0.396 e. The Balaban J connectivity index is 2.97. The lowest BCUT2D eigenvalue weighted by Gasteiger charge is -2.22. The summed E-state index contributed by atoms with van der Waals surface area (Å²) in [6.07, 6.45) is 0. The predicted molar refractivity (Wildman–Crippen MR) is 67.2 cm³/mol. The molecule has 0 saturated carbocycles. The molecule has 0 aliphatic rings. The lowest BCUT2D eigenvalue weighted by Crippen LogP contribution is -2.36. The van der Waals surface area contributed by atoms with Crippen molar-refractivity contribution in [2.75, 3.05) is 13.2 Å². The highest BCUT2D eigenvalue weighted by Gasteiger charge is 2.23. The fourth-order valence-corrected chi connectivity index (χ4v) is 2.78.